The van der Waals surface area contributed by atoms with E-state index in [9.17, 15) is 9.18 Å². The minimum Gasteiger partial charge on any atom is -0.489 e. The first-order chi connectivity index (χ1) is 14.8. The molecule has 0 saturated carbocycles. The largest absolute Gasteiger partial charge is 0.489 e. The molecule has 164 valence electrons. The Morgan fingerprint density at radius 2 is 2.03 bits per heavy atom. The monoisotopic (exact) mass is 467 g/mol. The lowest BCUT2D eigenvalue weighted by atomic mass is 10.2. The van der Waals surface area contributed by atoms with Crippen molar-refractivity contribution in [2.75, 3.05) is 25.6 Å². The molecular weight excluding hydrogens is 449 g/mol. The second kappa shape index (κ2) is 9.96. The molecule has 0 aliphatic heterocycles. The van der Waals surface area contributed by atoms with E-state index in [1.54, 1.807) is 6.92 Å². The quantitative estimate of drug-likeness (QED) is 0.425. The highest BCUT2D eigenvalue weighted by Gasteiger charge is 2.18. The number of rotatable bonds is 8. The van der Waals surface area contributed by atoms with Crippen molar-refractivity contribution >= 4 is 34.7 Å². The summed E-state index contributed by atoms with van der Waals surface area (Å²) >= 11 is 7.42. The molecule has 0 amide bonds. The van der Waals surface area contributed by atoms with Gasteiger partial charge in [-0.25, -0.2) is 14.2 Å². The number of nitrogen functional groups attached to an aromatic ring is 1. The summed E-state index contributed by atoms with van der Waals surface area (Å²) < 4.78 is 24.7. The van der Waals surface area contributed by atoms with E-state index in [0.29, 0.717) is 21.1 Å². The van der Waals surface area contributed by atoms with Gasteiger partial charge in [0.15, 0.2) is 17.3 Å². The van der Waals surface area contributed by atoms with Crippen molar-refractivity contribution in [1.82, 2.24) is 15.2 Å². The van der Waals surface area contributed by atoms with Crippen LogP contribution in [0, 0.1) is 5.82 Å². The number of aromatic nitrogens is 3. The molecule has 0 radical (unpaired) electrons. The van der Waals surface area contributed by atoms with E-state index >= 15 is 0 Å². The SMILES string of the molecule is CCOC(=O)c1cc(-c2nnc(-c3cc(F)c(OCC(N)CO)cc3Cl)s2)cc(N)n1. The molecular formula is C19H19ClFN5O4S. The molecule has 31 heavy (non-hydrogen) atoms. The Morgan fingerprint density at radius 1 is 1.29 bits per heavy atom. The summed E-state index contributed by atoms with van der Waals surface area (Å²) in [7, 11) is 0. The Bertz CT molecular complexity index is 1100. The zero-order valence-electron chi connectivity index (χ0n) is 16.3. The molecule has 0 saturated heterocycles. The highest BCUT2D eigenvalue weighted by atomic mass is 35.5. The number of benzene rings is 1. The average molecular weight is 468 g/mol. The van der Waals surface area contributed by atoms with Crippen LogP contribution in [0.4, 0.5) is 10.2 Å². The van der Waals surface area contributed by atoms with Crippen molar-refractivity contribution in [3.63, 3.8) is 0 Å². The normalized spacial score (nSPS) is 11.9. The molecule has 0 aliphatic carbocycles. The lowest BCUT2D eigenvalue weighted by Gasteiger charge is -2.12. The molecule has 2 heterocycles. The van der Waals surface area contributed by atoms with Gasteiger partial charge in [-0.3, -0.25) is 0 Å². The fourth-order valence-electron chi connectivity index (χ4n) is 2.49. The number of halogens is 2. The summed E-state index contributed by atoms with van der Waals surface area (Å²) in [6, 6.07) is 4.87. The van der Waals surface area contributed by atoms with Crippen molar-refractivity contribution in [1.29, 1.82) is 0 Å². The van der Waals surface area contributed by atoms with Gasteiger partial charge in [-0.15, -0.1) is 10.2 Å². The van der Waals surface area contributed by atoms with Gasteiger partial charge < -0.3 is 26.0 Å². The first-order valence-corrected chi connectivity index (χ1v) is 10.3. The number of nitrogens with zero attached hydrogens (tertiary/aromatic N) is 3. The number of pyridine rings is 1. The lowest BCUT2D eigenvalue weighted by molar-refractivity contribution is 0.0519. The predicted molar refractivity (Wildman–Crippen MR) is 114 cm³/mol. The fraction of sp³-hybridized carbons (Fsp3) is 0.263. The Kier molecular flexibility index (Phi) is 7.33. The standard InChI is InChI=1S/C19H19ClFN5O4S/c1-2-29-19(28)14-3-9(4-16(23)24-14)17-25-26-18(31-17)11-5-13(21)15(6-12(11)20)30-8-10(22)7-27/h3-6,10,27H,2,7-8,22H2,1H3,(H2,23,24). The number of carbonyl (C=O) groups is 1. The van der Waals surface area contributed by atoms with Gasteiger partial charge in [0.1, 0.15) is 22.4 Å². The van der Waals surface area contributed by atoms with Gasteiger partial charge in [0.25, 0.3) is 0 Å². The van der Waals surface area contributed by atoms with Gasteiger partial charge in [0, 0.05) is 17.2 Å². The number of esters is 1. The van der Waals surface area contributed by atoms with Crippen LogP contribution in [-0.2, 0) is 4.74 Å². The molecule has 0 spiro atoms. The third-order valence-corrected chi connectivity index (χ3v) is 5.26. The highest BCUT2D eigenvalue weighted by Crippen LogP contribution is 2.37. The first kappa shape index (κ1) is 22.8. The van der Waals surface area contributed by atoms with E-state index in [-0.39, 0.29) is 42.1 Å². The smallest absolute Gasteiger partial charge is 0.357 e. The second-order valence-corrected chi connectivity index (χ2v) is 7.70. The Morgan fingerprint density at radius 3 is 2.74 bits per heavy atom. The minimum absolute atomic E-state index is 0.0419. The van der Waals surface area contributed by atoms with Crippen LogP contribution in [0.15, 0.2) is 24.3 Å². The van der Waals surface area contributed by atoms with Crippen LogP contribution in [-0.4, -0.2) is 52.1 Å². The third kappa shape index (κ3) is 5.44. The van der Waals surface area contributed by atoms with Crippen LogP contribution in [0.3, 0.4) is 0 Å². The molecule has 0 fully saturated rings. The molecule has 0 bridgehead atoms. The molecule has 3 aromatic rings. The topological polar surface area (TPSA) is 146 Å². The summed E-state index contributed by atoms with van der Waals surface area (Å²) in [6.45, 7) is 1.52. The van der Waals surface area contributed by atoms with Gasteiger partial charge in [0.2, 0.25) is 0 Å². The Hall–Kier alpha value is -2.86. The number of ether oxygens (including phenoxy) is 2. The number of hydrogen-bond donors (Lipinski definition) is 3. The van der Waals surface area contributed by atoms with Crippen molar-refractivity contribution in [3.8, 4) is 26.9 Å². The summed E-state index contributed by atoms with van der Waals surface area (Å²) in [5.41, 5.74) is 12.2. The van der Waals surface area contributed by atoms with Crippen LogP contribution in [0.2, 0.25) is 5.02 Å². The van der Waals surface area contributed by atoms with E-state index in [1.165, 1.54) is 24.3 Å². The zero-order valence-corrected chi connectivity index (χ0v) is 17.9. The summed E-state index contributed by atoms with van der Waals surface area (Å²) in [5, 5.41) is 18.1. The third-order valence-electron chi connectivity index (χ3n) is 3.94. The van der Waals surface area contributed by atoms with E-state index in [4.69, 9.17) is 37.6 Å². The van der Waals surface area contributed by atoms with Crippen LogP contribution in [0.5, 0.6) is 5.75 Å². The van der Waals surface area contributed by atoms with Crippen LogP contribution in [0.1, 0.15) is 17.4 Å². The van der Waals surface area contributed by atoms with Gasteiger partial charge in [0.05, 0.1) is 24.3 Å². The number of anilines is 1. The molecule has 9 nitrogen and oxygen atoms in total. The Labute approximate surface area is 185 Å². The lowest BCUT2D eigenvalue weighted by Crippen LogP contribution is -2.31. The van der Waals surface area contributed by atoms with Crippen molar-refractivity contribution in [3.05, 3.63) is 40.8 Å². The predicted octanol–water partition coefficient (Wildman–Crippen LogP) is 2.52. The molecule has 0 aliphatic rings. The van der Waals surface area contributed by atoms with Crippen molar-refractivity contribution < 1.29 is 23.8 Å². The average Bonchev–Trinajstić information content (AvgIpc) is 3.23. The number of aliphatic hydroxyl groups excluding tert-OH is 1. The summed E-state index contributed by atoms with van der Waals surface area (Å²) in [5.74, 6) is -1.26. The molecule has 1 unspecified atom stereocenters. The van der Waals surface area contributed by atoms with Crippen molar-refractivity contribution in [2.45, 2.75) is 13.0 Å². The molecule has 1 atom stereocenters. The summed E-state index contributed by atoms with van der Waals surface area (Å²) in [6.07, 6.45) is 0. The number of hydrogen-bond acceptors (Lipinski definition) is 10. The van der Waals surface area contributed by atoms with E-state index in [2.05, 4.69) is 15.2 Å². The van der Waals surface area contributed by atoms with Gasteiger partial charge >= 0.3 is 5.97 Å². The highest BCUT2D eigenvalue weighted by molar-refractivity contribution is 7.18. The number of carbonyl (C=O) groups excluding carboxylic acids is 1. The van der Waals surface area contributed by atoms with E-state index in [1.807, 2.05) is 0 Å². The second-order valence-electron chi connectivity index (χ2n) is 6.31. The Balaban J connectivity index is 1.89. The van der Waals surface area contributed by atoms with Crippen LogP contribution >= 0.6 is 22.9 Å². The summed E-state index contributed by atoms with van der Waals surface area (Å²) in [4.78, 5) is 15.9. The van der Waals surface area contributed by atoms with Crippen LogP contribution < -0.4 is 16.2 Å². The first-order valence-electron chi connectivity index (χ1n) is 9.09. The zero-order chi connectivity index (χ0) is 22.5. The van der Waals surface area contributed by atoms with Crippen LogP contribution in [0.25, 0.3) is 21.1 Å². The fourth-order valence-corrected chi connectivity index (χ4v) is 3.65. The maximum absolute atomic E-state index is 14.5. The molecule has 5 N–H and O–H groups in total. The van der Waals surface area contributed by atoms with Crippen molar-refractivity contribution in [2.24, 2.45) is 5.73 Å². The van der Waals surface area contributed by atoms with Gasteiger partial charge in [-0.05, 0) is 25.1 Å². The molecule has 3 rings (SSSR count). The number of nitrogens with two attached hydrogens (primary N) is 2. The molecule has 1 aromatic carbocycles. The van der Waals surface area contributed by atoms with Gasteiger partial charge in [-0.2, -0.15) is 0 Å². The van der Waals surface area contributed by atoms with E-state index < -0.39 is 17.8 Å². The minimum atomic E-state index is -0.668. The maximum atomic E-state index is 14.5. The van der Waals surface area contributed by atoms with E-state index in [0.717, 1.165) is 11.3 Å². The van der Waals surface area contributed by atoms with Gasteiger partial charge in [-0.1, -0.05) is 22.9 Å². The number of aliphatic hydroxyl groups is 1. The maximum Gasteiger partial charge on any atom is 0.357 e. The molecule has 2 aromatic heterocycles. The molecule has 12 heteroatoms.